The molecule has 2 fully saturated rings. The molecule has 5 rings (SSSR count). The molecular weight excluding hydrogens is 538 g/mol. The first kappa shape index (κ1) is 29.5. The average molecular weight is 580 g/mol. The molecule has 1 aromatic carbocycles. The van der Waals surface area contributed by atoms with Crippen molar-refractivity contribution in [2.24, 2.45) is 11.8 Å². The van der Waals surface area contributed by atoms with E-state index in [0.29, 0.717) is 39.6 Å². The standard InChI is InChI=1S/C32H42ClN5O3/c1-5-11-37-12-7-6-8-25(18-37)38-30-28(33)16-27(41-26-13-21(2)19-40-20-22(3)14-26)17-29(30)35-32(38)36-31(39)24-9-10-34-23(4)15-24/h5,9-10,15-17,21-22,25-26H,1,6-8,11-14,18-20H2,2-4H3,(H,35,36,39)/t21?,22?,25-,26?/m1/s1. The Morgan fingerprint density at radius 3 is 2.73 bits per heavy atom. The van der Waals surface area contributed by atoms with Crippen molar-refractivity contribution < 1.29 is 14.3 Å². The van der Waals surface area contributed by atoms with Crippen LogP contribution in [0.25, 0.3) is 11.0 Å². The van der Waals surface area contributed by atoms with Crippen molar-refractivity contribution in [1.82, 2.24) is 19.4 Å². The van der Waals surface area contributed by atoms with Crippen LogP contribution in [0.15, 0.2) is 43.1 Å². The maximum Gasteiger partial charge on any atom is 0.258 e. The molecule has 2 unspecified atom stereocenters. The minimum Gasteiger partial charge on any atom is -0.490 e. The molecule has 2 aromatic heterocycles. The van der Waals surface area contributed by atoms with E-state index in [1.54, 1.807) is 18.3 Å². The van der Waals surface area contributed by atoms with Crippen LogP contribution in [0.2, 0.25) is 5.02 Å². The van der Waals surface area contributed by atoms with E-state index in [-0.39, 0.29) is 18.1 Å². The molecule has 4 heterocycles. The third-order valence-electron chi connectivity index (χ3n) is 8.02. The van der Waals surface area contributed by atoms with E-state index in [9.17, 15) is 4.79 Å². The highest BCUT2D eigenvalue weighted by molar-refractivity contribution is 6.35. The smallest absolute Gasteiger partial charge is 0.258 e. The molecule has 1 amide bonds. The number of carbonyl (C=O) groups is 1. The molecule has 41 heavy (non-hydrogen) atoms. The maximum absolute atomic E-state index is 13.4. The van der Waals surface area contributed by atoms with Gasteiger partial charge in [0.1, 0.15) is 5.75 Å². The van der Waals surface area contributed by atoms with Crippen LogP contribution in [0.1, 0.15) is 68.0 Å². The summed E-state index contributed by atoms with van der Waals surface area (Å²) < 4.78 is 14.5. The Kier molecular flexibility index (Phi) is 9.63. The Bertz CT molecular complexity index is 1360. The molecule has 0 bridgehead atoms. The van der Waals surface area contributed by atoms with Crippen LogP contribution in [0.3, 0.4) is 0 Å². The predicted octanol–water partition coefficient (Wildman–Crippen LogP) is 6.69. The number of benzene rings is 1. The number of fused-ring (bicyclic) bond motifs is 1. The number of nitrogens with zero attached hydrogens (tertiary/aromatic N) is 4. The van der Waals surface area contributed by atoms with E-state index in [1.807, 2.05) is 25.1 Å². The summed E-state index contributed by atoms with van der Waals surface area (Å²) in [4.78, 5) is 24.9. The Hall–Kier alpha value is -2.94. The van der Waals surface area contributed by atoms with E-state index < -0.39 is 0 Å². The van der Waals surface area contributed by atoms with Crippen molar-refractivity contribution in [3.8, 4) is 5.75 Å². The summed E-state index contributed by atoms with van der Waals surface area (Å²) in [5, 5.41) is 3.67. The van der Waals surface area contributed by atoms with Gasteiger partial charge in [0, 0.05) is 61.9 Å². The summed E-state index contributed by atoms with van der Waals surface area (Å²) in [7, 11) is 0. The van der Waals surface area contributed by atoms with Gasteiger partial charge in [-0.15, -0.1) is 6.58 Å². The van der Waals surface area contributed by atoms with Crippen molar-refractivity contribution in [2.45, 2.75) is 65.0 Å². The number of nitrogens with one attached hydrogen (secondary N) is 1. The number of amides is 1. The number of aryl methyl sites for hydroxylation is 1. The topological polar surface area (TPSA) is 81.5 Å². The van der Waals surface area contributed by atoms with Gasteiger partial charge in [0.15, 0.2) is 0 Å². The van der Waals surface area contributed by atoms with Gasteiger partial charge in [0.05, 0.1) is 22.2 Å². The third kappa shape index (κ3) is 7.29. The van der Waals surface area contributed by atoms with Crippen LogP contribution < -0.4 is 10.1 Å². The zero-order valence-electron chi connectivity index (χ0n) is 24.4. The summed E-state index contributed by atoms with van der Waals surface area (Å²) in [5.74, 6) is 1.80. The van der Waals surface area contributed by atoms with Gasteiger partial charge in [0.25, 0.3) is 5.91 Å². The molecule has 2 aliphatic rings. The molecular formula is C32H42ClN5O3. The van der Waals surface area contributed by atoms with Gasteiger partial charge in [-0.1, -0.05) is 37.9 Å². The first-order chi connectivity index (χ1) is 19.8. The lowest BCUT2D eigenvalue weighted by Gasteiger charge is -2.28. The Balaban J connectivity index is 1.52. The fourth-order valence-corrected chi connectivity index (χ4v) is 6.47. The van der Waals surface area contributed by atoms with Gasteiger partial charge >= 0.3 is 0 Å². The highest BCUT2D eigenvalue weighted by atomic mass is 35.5. The number of rotatable bonds is 7. The summed E-state index contributed by atoms with van der Waals surface area (Å²) in [6.07, 6.45) is 8.66. The van der Waals surface area contributed by atoms with Gasteiger partial charge in [-0.05, 0) is 63.1 Å². The minimum absolute atomic E-state index is 0.0722. The summed E-state index contributed by atoms with van der Waals surface area (Å²) >= 11 is 7.03. The van der Waals surface area contributed by atoms with E-state index in [2.05, 4.69) is 40.2 Å². The average Bonchev–Trinajstić information content (AvgIpc) is 3.11. The van der Waals surface area contributed by atoms with Crippen LogP contribution in [0.5, 0.6) is 5.75 Å². The van der Waals surface area contributed by atoms with Gasteiger partial charge in [-0.25, -0.2) is 4.98 Å². The minimum atomic E-state index is -0.226. The molecule has 0 aliphatic carbocycles. The van der Waals surface area contributed by atoms with Crippen molar-refractivity contribution in [3.05, 3.63) is 59.4 Å². The van der Waals surface area contributed by atoms with Crippen molar-refractivity contribution in [1.29, 1.82) is 0 Å². The lowest BCUT2D eigenvalue weighted by molar-refractivity contribution is 0.0221. The molecule has 1 N–H and O–H groups in total. The fourth-order valence-electron chi connectivity index (χ4n) is 6.17. The molecule has 2 saturated heterocycles. The van der Waals surface area contributed by atoms with Crippen molar-refractivity contribution in [3.63, 3.8) is 0 Å². The zero-order chi connectivity index (χ0) is 28.9. The summed E-state index contributed by atoms with van der Waals surface area (Å²) in [6.45, 7) is 14.4. The second kappa shape index (κ2) is 13.4. The van der Waals surface area contributed by atoms with Crippen molar-refractivity contribution in [2.75, 3.05) is 38.2 Å². The molecule has 9 heteroatoms. The SMILES string of the molecule is C=CCN1CCCC[C@@H](n2c(NC(=O)c3ccnc(C)c3)nc3cc(OC4CC(C)COCC(C)C4)cc(Cl)c32)C1. The van der Waals surface area contributed by atoms with Crippen LogP contribution in [0.4, 0.5) is 5.95 Å². The number of carbonyl (C=O) groups excluding carboxylic acids is 1. The van der Waals surface area contributed by atoms with Crippen LogP contribution in [0, 0.1) is 18.8 Å². The highest BCUT2D eigenvalue weighted by Crippen LogP contribution is 2.37. The second-order valence-electron chi connectivity index (χ2n) is 11.9. The van der Waals surface area contributed by atoms with E-state index in [1.165, 1.54) is 0 Å². The zero-order valence-corrected chi connectivity index (χ0v) is 25.2. The van der Waals surface area contributed by atoms with Gasteiger partial charge in [-0.2, -0.15) is 0 Å². The number of hydrogen-bond acceptors (Lipinski definition) is 6. The number of halogens is 1. The lowest BCUT2D eigenvalue weighted by atomic mass is 9.95. The number of imidazole rings is 1. The molecule has 0 radical (unpaired) electrons. The molecule has 3 atom stereocenters. The third-order valence-corrected chi connectivity index (χ3v) is 8.31. The first-order valence-electron chi connectivity index (χ1n) is 14.8. The molecule has 8 nitrogen and oxygen atoms in total. The monoisotopic (exact) mass is 579 g/mol. The predicted molar refractivity (Wildman–Crippen MR) is 164 cm³/mol. The molecule has 220 valence electrons. The van der Waals surface area contributed by atoms with Crippen LogP contribution >= 0.6 is 11.6 Å². The van der Waals surface area contributed by atoms with E-state index in [4.69, 9.17) is 26.1 Å². The van der Waals surface area contributed by atoms with Crippen molar-refractivity contribution >= 4 is 34.5 Å². The number of ether oxygens (including phenoxy) is 2. The molecule has 0 spiro atoms. The number of aromatic nitrogens is 3. The van der Waals surface area contributed by atoms with Crippen LogP contribution in [-0.2, 0) is 4.74 Å². The Morgan fingerprint density at radius 2 is 2.00 bits per heavy atom. The second-order valence-corrected chi connectivity index (χ2v) is 12.3. The number of pyridine rings is 1. The quantitative estimate of drug-likeness (QED) is 0.314. The number of anilines is 1. The largest absolute Gasteiger partial charge is 0.490 e. The number of likely N-dealkylation sites (tertiary alicyclic amines) is 1. The van der Waals surface area contributed by atoms with Crippen LogP contribution in [-0.4, -0.2) is 64.3 Å². The van der Waals surface area contributed by atoms with E-state index >= 15 is 0 Å². The molecule has 3 aromatic rings. The first-order valence-corrected chi connectivity index (χ1v) is 15.2. The van der Waals surface area contributed by atoms with Gasteiger partial charge in [-0.3, -0.25) is 20.0 Å². The lowest BCUT2D eigenvalue weighted by Crippen LogP contribution is -2.30. The Labute approximate surface area is 248 Å². The molecule has 0 saturated carbocycles. The maximum atomic E-state index is 13.4. The summed E-state index contributed by atoms with van der Waals surface area (Å²) in [6, 6.07) is 7.46. The summed E-state index contributed by atoms with van der Waals surface area (Å²) in [5.41, 5.74) is 2.85. The normalized spacial score (nSPS) is 24.3. The fraction of sp³-hybridized carbons (Fsp3) is 0.531. The number of hydrogen-bond donors (Lipinski definition) is 1. The highest BCUT2D eigenvalue weighted by Gasteiger charge is 2.28. The molecule has 2 aliphatic heterocycles. The van der Waals surface area contributed by atoms with Gasteiger partial charge in [0.2, 0.25) is 5.95 Å². The Morgan fingerprint density at radius 1 is 1.22 bits per heavy atom. The van der Waals surface area contributed by atoms with Gasteiger partial charge < -0.3 is 14.0 Å². The van der Waals surface area contributed by atoms with E-state index in [0.717, 1.165) is 76.2 Å².